The van der Waals surface area contributed by atoms with Crippen molar-refractivity contribution in [2.75, 3.05) is 44.5 Å². The van der Waals surface area contributed by atoms with Crippen molar-refractivity contribution in [2.24, 2.45) is 4.99 Å². The number of nitrogens with zero attached hydrogens (tertiary/aromatic N) is 6. The summed E-state index contributed by atoms with van der Waals surface area (Å²) in [5.41, 5.74) is 2.65. The summed E-state index contributed by atoms with van der Waals surface area (Å²) < 4.78 is 6.34. The lowest BCUT2D eigenvalue weighted by Gasteiger charge is -2.47. The van der Waals surface area contributed by atoms with Gasteiger partial charge >= 0.3 is 0 Å². The van der Waals surface area contributed by atoms with E-state index in [1.807, 2.05) is 61.8 Å². The number of hydrogen-bond acceptors (Lipinski definition) is 9. The summed E-state index contributed by atoms with van der Waals surface area (Å²) in [6.45, 7) is 24.3. The second kappa shape index (κ2) is 19.7. The first-order chi connectivity index (χ1) is 22.9. The molecule has 0 spiro atoms. The van der Waals surface area contributed by atoms with Crippen molar-refractivity contribution in [2.45, 2.75) is 90.8 Å². The van der Waals surface area contributed by atoms with Gasteiger partial charge in [0.15, 0.2) is 0 Å². The Bertz CT molecular complexity index is 1400. The Morgan fingerprint density at radius 1 is 1.19 bits per heavy atom. The number of likely N-dealkylation sites (N-methyl/N-ethyl adjacent to an activating group) is 1. The summed E-state index contributed by atoms with van der Waals surface area (Å²) in [7, 11) is 6.00. The highest BCUT2D eigenvalue weighted by molar-refractivity contribution is 5.71. The lowest BCUT2D eigenvalue weighted by molar-refractivity contribution is -0.103. The van der Waals surface area contributed by atoms with Gasteiger partial charge in [-0.2, -0.15) is 4.98 Å². The third-order valence-electron chi connectivity index (χ3n) is 9.07. The van der Waals surface area contributed by atoms with E-state index in [-0.39, 0.29) is 17.1 Å². The monoisotopic (exact) mass is 656 g/mol. The third-order valence-corrected chi connectivity index (χ3v) is 9.07. The van der Waals surface area contributed by atoms with E-state index in [0.29, 0.717) is 24.3 Å². The minimum atomic E-state index is -0.199. The van der Waals surface area contributed by atoms with Crippen molar-refractivity contribution < 1.29 is 4.74 Å². The molecule has 2 aromatic rings. The van der Waals surface area contributed by atoms with E-state index in [4.69, 9.17) is 9.72 Å². The average molecular weight is 657 g/mol. The summed E-state index contributed by atoms with van der Waals surface area (Å²) in [5, 5.41) is 6.49. The third kappa shape index (κ3) is 11.0. The Labute approximate surface area is 290 Å². The van der Waals surface area contributed by atoms with E-state index in [1.165, 1.54) is 12.1 Å². The van der Waals surface area contributed by atoms with Gasteiger partial charge in [-0.05, 0) is 85.3 Å². The molecule has 0 aliphatic carbocycles. The Kier molecular flexibility index (Phi) is 16.4. The van der Waals surface area contributed by atoms with Crippen LogP contribution in [0.5, 0.6) is 0 Å². The molecule has 0 aromatic carbocycles. The Balaban J connectivity index is 0.000000332. The molecule has 2 aromatic heterocycles. The molecule has 1 saturated heterocycles. The molecule has 2 N–H and O–H groups in total. The minimum absolute atomic E-state index is 0.162. The van der Waals surface area contributed by atoms with Gasteiger partial charge in [-0.1, -0.05) is 64.3 Å². The highest BCUT2D eigenvalue weighted by atomic mass is 16.5. The van der Waals surface area contributed by atoms with Crippen molar-refractivity contribution in [3.63, 3.8) is 0 Å². The van der Waals surface area contributed by atoms with Crippen molar-refractivity contribution in [3.05, 3.63) is 97.2 Å². The molecule has 9 heteroatoms. The van der Waals surface area contributed by atoms with Gasteiger partial charge < -0.3 is 25.2 Å². The summed E-state index contributed by atoms with van der Waals surface area (Å²) in [5.74, 6) is 2.28. The van der Waals surface area contributed by atoms with E-state index in [2.05, 4.69) is 110 Å². The number of nitrogens with one attached hydrogen (secondary N) is 2. The van der Waals surface area contributed by atoms with E-state index in [9.17, 15) is 0 Å². The van der Waals surface area contributed by atoms with E-state index < -0.39 is 0 Å². The fourth-order valence-electron chi connectivity index (χ4n) is 5.50. The first-order valence-corrected chi connectivity index (χ1v) is 17.0. The van der Waals surface area contributed by atoms with Gasteiger partial charge in [0, 0.05) is 60.6 Å². The first kappa shape index (κ1) is 40.1. The smallest absolute Gasteiger partial charge is 0.229 e. The highest BCUT2D eigenvalue weighted by Gasteiger charge is 2.55. The maximum atomic E-state index is 6.34. The van der Waals surface area contributed by atoms with E-state index >= 15 is 0 Å². The molecule has 2 aliphatic rings. The fourth-order valence-corrected chi connectivity index (χ4v) is 5.50. The van der Waals surface area contributed by atoms with Gasteiger partial charge in [0.1, 0.15) is 11.6 Å². The second-order valence-electron chi connectivity index (χ2n) is 12.8. The average Bonchev–Trinajstić information content (AvgIpc) is 3.34. The SMILES string of the molecule is C/C=C(\C)NCC(CC)N(C)C.C/C=C/C=C\C=NC.C=CC(=C)Nc1ncc2c(n1)N(c1ccccn1)C1CC(C)(CC)OC[C@]21C. The topological polar surface area (TPSA) is 90.8 Å². The predicted molar refractivity (Wildman–Crippen MR) is 205 cm³/mol. The summed E-state index contributed by atoms with van der Waals surface area (Å²) in [4.78, 5) is 22.3. The van der Waals surface area contributed by atoms with Crippen molar-refractivity contribution in [1.82, 2.24) is 25.2 Å². The molecule has 4 atom stereocenters. The molecule has 48 heavy (non-hydrogen) atoms. The number of hydrogen-bond donors (Lipinski definition) is 2. The number of ether oxygens (including phenoxy) is 1. The van der Waals surface area contributed by atoms with Crippen LogP contribution >= 0.6 is 0 Å². The molecular weight excluding hydrogens is 596 g/mol. The van der Waals surface area contributed by atoms with Crippen LogP contribution in [-0.4, -0.2) is 78.0 Å². The van der Waals surface area contributed by atoms with Crippen molar-refractivity contribution in [3.8, 4) is 0 Å². The number of rotatable bonds is 12. The van der Waals surface area contributed by atoms with Crippen LogP contribution in [0.1, 0.15) is 73.3 Å². The number of pyridine rings is 1. The van der Waals surface area contributed by atoms with Crippen LogP contribution in [0.15, 0.2) is 96.6 Å². The van der Waals surface area contributed by atoms with Crippen LogP contribution in [0.4, 0.5) is 17.6 Å². The maximum absolute atomic E-state index is 6.34. The lowest BCUT2D eigenvalue weighted by Crippen LogP contribution is -2.55. The zero-order valence-electron chi connectivity index (χ0n) is 31.1. The van der Waals surface area contributed by atoms with Crippen molar-refractivity contribution in [1.29, 1.82) is 0 Å². The summed E-state index contributed by atoms with van der Waals surface area (Å²) >= 11 is 0. The van der Waals surface area contributed by atoms with Gasteiger partial charge in [0.05, 0.1) is 18.2 Å². The lowest BCUT2D eigenvalue weighted by atomic mass is 9.73. The molecule has 4 heterocycles. The van der Waals surface area contributed by atoms with Crippen molar-refractivity contribution >= 4 is 23.8 Å². The molecule has 0 amide bonds. The Hall–Kier alpha value is -4.08. The highest BCUT2D eigenvalue weighted by Crippen LogP contribution is 2.53. The zero-order chi connectivity index (χ0) is 35.7. The van der Waals surface area contributed by atoms with Gasteiger partial charge in [-0.3, -0.25) is 4.99 Å². The Morgan fingerprint density at radius 3 is 2.50 bits per heavy atom. The quantitative estimate of drug-likeness (QED) is 0.175. The van der Waals surface area contributed by atoms with E-state index in [1.54, 1.807) is 19.3 Å². The minimum Gasteiger partial charge on any atom is -0.387 e. The van der Waals surface area contributed by atoms with Gasteiger partial charge in [-0.25, -0.2) is 9.97 Å². The molecule has 0 saturated carbocycles. The molecular formula is C39H60N8O. The van der Waals surface area contributed by atoms with Gasteiger partial charge in [0.25, 0.3) is 0 Å². The molecule has 262 valence electrons. The second-order valence-corrected chi connectivity index (χ2v) is 12.8. The fraction of sp³-hybridized carbons (Fsp3) is 0.487. The van der Waals surface area contributed by atoms with Crippen LogP contribution in [0.3, 0.4) is 0 Å². The number of anilines is 3. The molecule has 2 aliphatic heterocycles. The predicted octanol–water partition coefficient (Wildman–Crippen LogP) is 8.01. The number of allylic oxidation sites excluding steroid dienone is 7. The number of aromatic nitrogens is 3. The summed E-state index contributed by atoms with van der Waals surface area (Å²) in [6, 6.07) is 6.81. The van der Waals surface area contributed by atoms with Crippen LogP contribution < -0.4 is 15.5 Å². The number of aliphatic imine (C=N–C) groups is 1. The largest absolute Gasteiger partial charge is 0.387 e. The Morgan fingerprint density at radius 2 is 1.94 bits per heavy atom. The van der Waals surface area contributed by atoms with Crippen LogP contribution in [0, 0.1) is 0 Å². The first-order valence-electron chi connectivity index (χ1n) is 17.0. The molecule has 3 unspecified atom stereocenters. The summed E-state index contributed by atoms with van der Waals surface area (Å²) in [6.07, 6.45) is 20.0. The molecule has 4 rings (SSSR count). The molecule has 1 fully saturated rings. The van der Waals surface area contributed by atoms with Crippen LogP contribution in [-0.2, 0) is 10.2 Å². The molecule has 9 nitrogen and oxygen atoms in total. The van der Waals surface area contributed by atoms with Gasteiger partial charge in [-0.15, -0.1) is 0 Å². The van der Waals surface area contributed by atoms with Gasteiger partial charge in [0.2, 0.25) is 5.95 Å². The zero-order valence-corrected chi connectivity index (χ0v) is 31.1. The normalized spacial score (nSPS) is 22.4. The molecule has 0 bridgehead atoms. The maximum Gasteiger partial charge on any atom is 0.229 e. The van der Waals surface area contributed by atoms with E-state index in [0.717, 1.165) is 36.6 Å². The standard InChI is InChI=1S/C22H27N5O.C10H22N2.C7H11N/c1-6-15(3)25-20-24-13-16-19(26-20)27(18-10-8-9-11-23-18)17-12-21(4,7-2)28-14-22(16,17)5;1-6-9(3)11-8-10(7-2)12(4)5;1-3-4-5-6-7-8-2/h6,8-11,13,17H,1,3,7,12,14H2,2,4-5H3,(H,24,25,26);6,10-11H,7-8H2,1-5H3;3-7H,1-2H3/b;9-6+;4-3+,6-5-,8-7?/t17?,21?,22-;;/m1../s1. The number of fused-ring (bicyclic) bond motifs is 3. The van der Waals surface area contributed by atoms with Crippen LogP contribution in [0.2, 0.25) is 0 Å². The molecule has 0 radical (unpaired) electrons. The van der Waals surface area contributed by atoms with Crippen LogP contribution in [0.25, 0.3) is 0 Å².